The zero-order valence-electron chi connectivity index (χ0n) is 12.9. The summed E-state index contributed by atoms with van der Waals surface area (Å²) < 4.78 is 23.3. The first kappa shape index (κ1) is 15.9. The Morgan fingerprint density at radius 1 is 1.24 bits per heavy atom. The number of aromatic nitrogens is 1. The van der Waals surface area contributed by atoms with Crippen molar-refractivity contribution in [3.05, 3.63) is 42.1 Å². The van der Waals surface area contributed by atoms with E-state index in [9.17, 15) is 8.42 Å². The van der Waals surface area contributed by atoms with Gasteiger partial charge in [0.15, 0.2) is 9.84 Å². The molecule has 1 aromatic heterocycles. The van der Waals surface area contributed by atoms with Crippen molar-refractivity contribution in [2.75, 3.05) is 13.3 Å². The monoisotopic (exact) mass is 306 g/mol. The molecule has 2 rings (SSSR count). The molecule has 0 amide bonds. The zero-order chi connectivity index (χ0) is 15.7. The van der Waals surface area contributed by atoms with E-state index in [1.54, 1.807) is 27.1 Å². The highest BCUT2D eigenvalue weighted by atomic mass is 32.2. The molecule has 1 atom stereocenters. The van der Waals surface area contributed by atoms with Gasteiger partial charge in [0.2, 0.25) is 0 Å². The second-order valence-electron chi connectivity index (χ2n) is 5.91. The molecular formula is C16H22N2O2S. The first-order chi connectivity index (χ1) is 9.77. The summed E-state index contributed by atoms with van der Waals surface area (Å²) >= 11 is 0. The Labute approximate surface area is 126 Å². The van der Waals surface area contributed by atoms with Crippen LogP contribution in [0.3, 0.4) is 0 Å². The quantitative estimate of drug-likeness (QED) is 0.920. The maximum atomic E-state index is 12.1. The van der Waals surface area contributed by atoms with Crippen molar-refractivity contribution in [1.82, 2.24) is 10.3 Å². The minimum atomic E-state index is -3.17. The molecule has 0 aliphatic heterocycles. The molecule has 1 aromatic carbocycles. The van der Waals surface area contributed by atoms with E-state index in [1.807, 2.05) is 30.3 Å². The van der Waals surface area contributed by atoms with Crippen LogP contribution in [0.4, 0.5) is 0 Å². The number of hydrogen-bond acceptors (Lipinski definition) is 4. The zero-order valence-corrected chi connectivity index (χ0v) is 13.7. The number of hydrogen-bond donors (Lipinski definition) is 1. The van der Waals surface area contributed by atoms with E-state index >= 15 is 0 Å². The molecule has 2 aromatic rings. The van der Waals surface area contributed by atoms with Gasteiger partial charge in [0.25, 0.3) is 0 Å². The number of nitrogens with one attached hydrogen (secondary N) is 1. The first-order valence-electron chi connectivity index (χ1n) is 6.97. The van der Waals surface area contributed by atoms with E-state index < -0.39 is 14.6 Å². The van der Waals surface area contributed by atoms with Gasteiger partial charge in [-0.3, -0.25) is 4.98 Å². The van der Waals surface area contributed by atoms with Gasteiger partial charge in [-0.25, -0.2) is 8.42 Å². The van der Waals surface area contributed by atoms with Crippen LogP contribution in [-0.2, 0) is 16.3 Å². The fraction of sp³-hybridized carbons (Fsp3) is 0.438. The second-order valence-corrected chi connectivity index (χ2v) is 8.50. The molecule has 1 unspecified atom stereocenters. The summed E-state index contributed by atoms with van der Waals surface area (Å²) in [5, 5.41) is 4.24. The van der Waals surface area contributed by atoms with Crippen molar-refractivity contribution in [3.8, 4) is 0 Å². The molecule has 0 fully saturated rings. The fourth-order valence-corrected chi connectivity index (χ4v) is 3.22. The normalized spacial score (nSPS) is 14.3. The van der Waals surface area contributed by atoms with Crippen molar-refractivity contribution < 1.29 is 8.42 Å². The van der Waals surface area contributed by atoms with Gasteiger partial charge >= 0.3 is 0 Å². The lowest BCUT2D eigenvalue weighted by Crippen LogP contribution is -2.51. The Balaban J connectivity index is 2.43. The van der Waals surface area contributed by atoms with Crippen LogP contribution in [0.5, 0.6) is 0 Å². The molecular weight excluding hydrogens is 284 g/mol. The van der Waals surface area contributed by atoms with Crippen molar-refractivity contribution in [3.63, 3.8) is 0 Å². The molecule has 0 spiro atoms. The number of pyridine rings is 1. The Morgan fingerprint density at radius 2 is 1.90 bits per heavy atom. The lowest BCUT2D eigenvalue weighted by atomic mass is 9.94. The molecule has 0 bridgehead atoms. The molecule has 1 N–H and O–H groups in total. The number of sulfone groups is 1. The van der Waals surface area contributed by atoms with Crippen molar-refractivity contribution >= 4 is 20.7 Å². The van der Waals surface area contributed by atoms with E-state index in [0.717, 1.165) is 16.5 Å². The summed E-state index contributed by atoms with van der Waals surface area (Å²) in [5.74, 6) is 0. The smallest absolute Gasteiger partial charge is 0.154 e. The van der Waals surface area contributed by atoms with E-state index in [0.29, 0.717) is 6.42 Å². The highest BCUT2D eigenvalue weighted by molar-refractivity contribution is 7.92. The van der Waals surface area contributed by atoms with Crippen LogP contribution in [0.2, 0.25) is 0 Å². The summed E-state index contributed by atoms with van der Waals surface area (Å²) in [7, 11) is -1.36. The van der Waals surface area contributed by atoms with Gasteiger partial charge in [-0.2, -0.15) is 0 Å². The molecule has 114 valence electrons. The van der Waals surface area contributed by atoms with Crippen LogP contribution in [0.25, 0.3) is 10.9 Å². The van der Waals surface area contributed by atoms with Crippen LogP contribution < -0.4 is 5.32 Å². The number of nitrogens with zero attached hydrogens (tertiary/aromatic N) is 1. The van der Waals surface area contributed by atoms with Gasteiger partial charge in [0, 0.05) is 23.9 Å². The molecule has 0 aliphatic rings. The number of rotatable bonds is 5. The maximum Gasteiger partial charge on any atom is 0.154 e. The highest BCUT2D eigenvalue weighted by Gasteiger charge is 2.38. The van der Waals surface area contributed by atoms with Gasteiger partial charge < -0.3 is 5.32 Å². The van der Waals surface area contributed by atoms with Crippen LogP contribution in [-0.4, -0.2) is 37.5 Å². The van der Waals surface area contributed by atoms with Crippen LogP contribution >= 0.6 is 0 Å². The third kappa shape index (κ3) is 3.09. The molecule has 0 radical (unpaired) electrons. The van der Waals surface area contributed by atoms with Crippen molar-refractivity contribution in [2.45, 2.75) is 31.1 Å². The Bertz CT molecular complexity index is 734. The largest absolute Gasteiger partial charge is 0.315 e. The number of para-hydroxylation sites is 1. The van der Waals surface area contributed by atoms with Crippen LogP contribution in [0.1, 0.15) is 19.4 Å². The van der Waals surface area contributed by atoms with Crippen molar-refractivity contribution in [2.24, 2.45) is 0 Å². The molecule has 5 heteroatoms. The van der Waals surface area contributed by atoms with Crippen molar-refractivity contribution in [1.29, 1.82) is 0 Å². The highest BCUT2D eigenvalue weighted by Crippen LogP contribution is 2.25. The van der Waals surface area contributed by atoms with Gasteiger partial charge in [0.1, 0.15) is 0 Å². The molecule has 1 heterocycles. The minimum Gasteiger partial charge on any atom is -0.315 e. The number of fused-ring (bicyclic) bond motifs is 1. The van der Waals surface area contributed by atoms with E-state index in [4.69, 9.17) is 0 Å². The number of benzene rings is 1. The minimum absolute atomic E-state index is 0.168. The van der Waals surface area contributed by atoms with Crippen LogP contribution in [0, 0.1) is 0 Å². The predicted molar refractivity (Wildman–Crippen MR) is 87.2 cm³/mol. The average Bonchev–Trinajstić information content (AvgIpc) is 2.43. The summed E-state index contributed by atoms with van der Waals surface area (Å²) in [6, 6.07) is 9.72. The lowest BCUT2D eigenvalue weighted by Gasteiger charge is -2.32. The second kappa shape index (κ2) is 5.73. The molecule has 21 heavy (non-hydrogen) atoms. The van der Waals surface area contributed by atoms with Gasteiger partial charge in [-0.15, -0.1) is 0 Å². The number of likely N-dealkylation sites (N-methyl/N-ethyl adjacent to an activating group) is 1. The van der Waals surface area contributed by atoms with E-state index in [1.165, 1.54) is 6.26 Å². The topological polar surface area (TPSA) is 59.1 Å². The van der Waals surface area contributed by atoms with Gasteiger partial charge in [-0.05, 0) is 45.0 Å². The van der Waals surface area contributed by atoms with E-state index in [-0.39, 0.29) is 6.04 Å². The third-order valence-corrected chi connectivity index (χ3v) is 6.50. The summed E-state index contributed by atoms with van der Waals surface area (Å²) in [6.45, 7) is 3.54. The van der Waals surface area contributed by atoms with Crippen LogP contribution in [0.15, 0.2) is 36.5 Å². The Kier molecular flexibility index (Phi) is 4.35. The van der Waals surface area contributed by atoms with Gasteiger partial charge in [-0.1, -0.05) is 18.2 Å². The first-order valence-corrected chi connectivity index (χ1v) is 8.86. The summed E-state index contributed by atoms with van der Waals surface area (Å²) in [5.41, 5.74) is 2.04. The summed E-state index contributed by atoms with van der Waals surface area (Å²) in [6.07, 6.45) is 3.71. The third-order valence-electron chi connectivity index (χ3n) is 4.31. The Morgan fingerprint density at radius 3 is 2.52 bits per heavy atom. The summed E-state index contributed by atoms with van der Waals surface area (Å²) in [4.78, 5) is 4.35. The molecule has 4 nitrogen and oxygen atoms in total. The average molecular weight is 306 g/mol. The SMILES string of the molecule is CNC(Cc1ccnc2ccccc12)C(C)(C)S(C)(=O)=O. The lowest BCUT2D eigenvalue weighted by molar-refractivity contribution is 0.431. The Hall–Kier alpha value is -1.46. The molecule has 0 saturated heterocycles. The predicted octanol–water partition coefficient (Wildman–Crippen LogP) is 2.19. The fourth-order valence-electron chi connectivity index (χ4n) is 2.51. The van der Waals surface area contributed by atoms with E-state index in [2.05, 4.69) is 10.3 Å². The molecule has 0 saturated carbocycles. The molecule has 0 aliphatic carbocycles. The standard InChI is InChI=1S/C16H22N2O2S/c1-16(2,21(4,19)20)15(17-3)11-12-9-10-18-14-8-6-5-7-13(12)14/h5-10,15,17H,11H2,1-4H3. The maximum absolute atomic E-state index is 12.1. The van der Waals surface area contributed by atoms with Gasteiger partial charge in [0.05, 0.1) is 10.3 Å².